The molecular weight excluding hydrogens is 362 g/mol. The number of amides is 1. The third kappa shape index (κ3) is 6.46. The van der Waals surface area contributed by atoms with Crippen molar-refractivity contribution in [3.8, 4) is 0 Å². The third-order valence-corrected chi connectivity index (χ3v) is 5.46. The quantitative estimate of drug-likeness (QED) is 0.681. The summed E-state index contributed by atoms with van der Waals surface area (Å²) in [5, 5.41) is 2.84. The van der Waals surface area contributed by atoms with E-state index in [1.807, 2.05) is 51.0 Å². The van der Waals surface area contributed by atoms with Crippen molar-refractivity contribution in [2.24, 2.45) is 0 Å². The summed E-state index contributed by atoms with van der Waals surface area (Å²) in [6.45, 7) is 5.11. The molecule has 0 atom stereocenters. The van der Waals surface area contributed by atoms with Crippen LogP contribution in [0.25, 0.3) is 0 Å². The lowest BCUT2D eigenvalue weighted by molar-refractivity contribution is 0.102. The standard InChI is InChI=1S/C20H27N3O3S/c1-15-12-16(2)14-18(13-15)22-20(24)17-6-8-19(9-7-17)27(25,26)21-10-5-11-23(3)4/h6-9,12-14,21H,5,10-11H2,1-4H3,(H,22,24). The molecule has 6 nitrogen and oxygen atoms in total. The van der Waals surface area contributed by atoms with Crippen LogP contribution in [0.3, 0.4) is 0 Å². The van der Waals surface area contributed by atoms with Crippen molar-refractivity contribution in [1.82, 2.24) is 9.62 Å². The number of benzene rings is 2. The Morgan fingerprint density at radius 1 is 1.00 bits per heavy atom. The Kier molecular flexibility index (Phi) is 7.12. The van der Waals surface area contributed by atoms with Gasteiger partial charge in [-0.05, 0) is 88.4 Å². The zero-order chi connectivity index (χ0) is 20.0. The van der Waals surface area contributed by atoms with Gasteiger partial charge in [-0.3, -0.25) is 4.79 Å². The predicted molar refractivity (Wildman–Crippen MR) is 109 cm³/mol. The first kappa shape index (κ1) is 21.1. The maximum Gasteiger partial charge on any atom is 0.255 e. The van der Waals surface area contributed by atoms with Crippen LogP contribution in [0.1, 0.15) is 27.9 Å². The average Bonchev–Trinajstić information content (AvgIpc) is 2.58. The van der Waals surface area contributed by atoms with Gasteiger partial charge in [0.15, 0.2) is 0 Å². The number of hydrogen-bond acceptors (Lipinski definition) is 4. The second-order valence-corrected chi connectivity index (χ2v) is 8.68. The Balaban J connectivity index is 2.02. The molecule has 2 rings (SSSR count). The van der Waals surface area contributed by atoms with Crippen molar-refractivity contribution in [1.29, 1.82) is 0 Å². The molecule has 7 heteroatoms. The van der Waals surface area contributed by atoms with Gasteiger partial charge in [0.2, 0.25) is 10.0 Å². The zero-order valence-corrected chi connectivity index (χ0v) is 17.1. The molecular formula is C20H27N3O3S. The van der Waals surface area contributed by atoms with E-state index in [0.717, 1.165) is 29.8 Å². The van der Waals surface area contributed by atoms with Crippen LogP contribution >= 0.6 is 0 Å². The van der Waals surface area contributed by atoms with Gasteiger partial charge in [-0.1, -0.05) is 6.07 Å². The average molecular weight is 390 g/mol. The molecule has 2 aromatic carbocycles. The van der Waals surface area contributed by atoms with Crippen LogP contribution in [0.4, 0.5) is 5.69 Å². The number of nitrogens with one attached hydrogen (secondary N) is 2. The number of anilines is 1. The van der Waals surface area contributed by atoms with Crippen molar-refractivity contribution < 1.29 is 13.2 Å². The van der Waals surface area contributed by atoms with E-state index in [4.69, 9.17) is 0 Å². The Hall–Kier alpha value is -2.22. The minimum atomic E-state index is -3.57. The number of aryl methyl sites for hydroxylation is 2. The largest absolute Gasteiger partial charge is 0.322 e. The van der Waals surface area contributed by atoms with E-state index in [2.05, 4.69) is 10.0 Å². The van der Waals surface area contributed by atoms with Gasteiger partial charge in [0.05, 0.1) is 4.90 Å². The highest BCUT2D eigenvalue weighted by molar-refractivity contribution is 7.89. The maximum absolute atomic E-state index is 12.4. The van der Waals surface area contributed by atoms with Gasteiger partial charge >= 0.3 is 0 Å². The first-order chi connectivity index (χ1) is 12.7. The Morgan fingerprint density at radius 2 is 1.59 bits per heavy atom. The van der Waals surface area contributed by atoms with Crippen molar-refractivity contribution in [3.05, 3.63) is 59.2 Å². The topological polar surface area (TPSA) is 78.5 Å². The highest BCUT2D eigenvalue weighted by Gasteiger charge is 2.14. The second kappa shape index (κ2) is 9.12. The van der Waals surface area contributed by atoms with Crippen LogP contribution in [0, 0.1) is 13.8 Å². The third-order valence-electron chi connectivity index (χ3n) is 3.98. The molecule has 0 radical (unpaired) electrons. The lowest BCUT2D eigenvalue weighted by atomic mass is 10.1. The van der Waals surface area contributed by atoms with Gasteiger partial charge in [0, 0.05) is 17.8 Å². The van der Waals surface area contributed by atoms with E-state index in [-0.39, 0.29) is 10.8 Å². The van der Waals surface area contributed by atoms with Crippen LogP contribution in [-0.2, 0) is 10.0 Å². The van der Waals surface area contributed by atoms with E-state index in [1.54, 1.807) is 0 Å². The molecule has 0 spiro atoms. The summed E-state index contributed by atoms with van der Waals surface area (Å²) >= 11 is 0. The Bertz CT molecular complexity index is 871. The Labute approximate surface area is 161 Å². The molecule has 0 aliphatic carbocycles. The smallest absolute Gasteiger partial charge is 0.255 e. The maximum atomic E-state index is 12.4. The molecule has 27 heavy (non-hydrogen) atoms. The summed E-state index contributed by atoms with van der Waals surface area (Å²) in [7, 11) is 0.311. The summed E-state index contributed by atoms with van der Waals surface area (Å²) < 4.78 is 27.2. The zero-order valence-electron chi connectivity index (χ0n) is 16.2. The number of nitrogens with zero attached hydrogens (tertiary/aromatic N) is 1. The van der Waals surface area contributed by atoms with Gasteiger partial charge < -0.3 is 10.2 Å². The Morgan fingerprint density at radius 3 is 2.15 bits per heavy atom. The highest BCUT2D eigenvalue weighted by Crippen LogP contribution is 2.16. The summed E-state index contributed by atoms with van der Waals surface area (Å²) in [4.78, 5) is 14.5. The van der Waals surface area contributed by atoms with Gasteiger partial charge in [0.25, 0.3) is 5.91 Å². The minimum Gasteiger partial charge on any atom is -0.322 e. The number of carbonyl (C=O) groups excluding carboxylic acids is 1. The van der Waals surface area contributed by atoms with Crippen LogP contribution in [0.5, 0.6) is 0 Å². The van der Waals surface area contributed by atoms with Crippen LogP contribution in [0.15, 0.2) is 47.4 Å². The second-order valence-electron chi connectivity index (χ2n) is 6.91. The number of carbonyl (C=O) groups is 1. The van der Waals surface area contributed by atoms with E-state index in [1.165, 1.54) is 24.3 Å². The van der Waals surface area contributed by atoms with Crippen molar-refractivity contribution in [3.63, 3.8) is 0 Å². The summed E-state index contributed by atoms with van der Waals surface area (Å²) in [6, 6.07) is 11.7. The molecule has 0 unspecified atom stereocenters. The van der Waals surface area contributed by atoms with E-state index in [0.29, 0.717) is 12.1 Å². The van der Waals surface area contributed by atoms with Gasteiger partial charge in [-0.15, -0.1) is 0 Å². The van der Waals surface area contributed by atoms with Crippen LogP contribution in [0.2, 0.25) is 0 Å². The minimum absolute atomic E-state index is 0.148. The predicted octanol–water partition coefficient (Wildman–Crippen LogP) is 2.79. The lowest BCUT2D eigenvalue weighted by Gasteiger charge is -2.11. The fraction of sp³-hybridized carbons (Fsp3) is 0.350. The fourth-order valence-corrected chi connectivity index (χ4v) is 3.79. The molecule has 0 aromatic heterocycles. The number of sulfonamides is 1. The van der Waals surface area contributed by atoms with E-state index in [9.17, 15) is 13.2 Å². The van der Waals surface area contributed by atoms with Gasteiger partial charge in [-0.25, -0.2) is 13.1 Å². The molecule has 0 saturated carbocycles. The molecule has 0 bridgehead atoms. The molecule has 146 valence electrons. The lowest BCUT2D eigenvalue weighted by Crippen LogP contribution is -2.27. The molecule has 2 aromatic rings. The molecule has 2 N–H and O–H groups in total. The van der Waals surface area contributed by atoms with E-state index >= 15 is 0 Å². The normalized spacial score (nSPS) is 11.6. The first-order valence-corrected chi connectivity index (χ1v) is 10.3. The van der Waals surface area contributed by atoms with Gasteiger partial charge in [-0.2, -0.15) is 0 Å². The van der Waals surface area contributed by atoms with Crippen molar-refractivity contribution in [2.45, 2.75) is 25.2 Å². The van der Waals surface area contributed by atoms with Crippen molar-refractivity contribution >= 4 is 21.6 Å². The van der Waals surface area contributed by atoms with Gasteiger partial charge in [0.1, 0.15) is 0 Å². The fourth-order valence-electron chi connectivity index (χ4n) is 2.72. The molecule has 0 aliphatic heterocycles. The summed E-state index contributed by atoms with van der Waals surface area (Å²) in [5.41, 5.74) is 3.25. The molecule has 0 saturated heterocycles. The van der Waals surface area contributed by atoms with Crippen molar-refractivity contribution in [2.75, 3.05) is 32.5 Å². The molecule has 0 fully saturated rings. The number of rotatable bonds is 8. The summed E-state index contributed by atoms with van der Waals surface area (Å²) in [6.07, 6.45) is 0.725. The SMILES string of the molecule is Cc1cc(C)cc(NC(=O)c2ccc(S(=O)(=O)NCCCN(C)C)cc2)c1. The molecule has 1 amide bonds. The van der Waals surface area contributed by atoms with E-state index < -0.39 is 10.0 Å². The van der Waals surface area contributed by atoms with Crippen LogP contribution < -0.4 is 10.0 Å². The monoisotopic (exact) mass is 389 g/mol. The first-order valence-electron chi connectivity index (χ1n) is 8.81. The molecule has 0 heterocycles. The van der Waals surface area contributed by atoms with Crippen LogP contribution in [-0.4, -0.2) is 46.4 Å². The highest BCUT2D eigenvalue weighted by atomic mass is 32.2. The number of hydrogen-bond donors (Lipinski definition) is 2. The summed E-state index contributed by atoms with van der Waals surface area (Å²) in [5.74, 6) is -0.275. The molecule has 0 aliphatic rings.